The van der Waals surface area contributed by atoms with Crippen molar-refractivity contribution >= 4 is 21.6 Å². The van der Waals surface area contributed by atoms with E-state index >= 15 is 0 Å². The summed E-state index contributed by atoms with van der Waals surface area (Å²) in [4.78, 5) is 12.1. The van der Waals surface area contributed by atoms with Gasteiger partial charge in [-0.05, 0) is 36.2 Å². The Hall–Kier alpha value is -2.85. The molecule has 0 aliphatic rings. The molecule has 0 radical (unpaired) electrons. The van der Waals surface area contributed by atoms with Crippen molar-refractivity contribution in [2.24, 2.45) is 0 Å². The largest absolute Gasteiger partial charge is 0.354 e. The van der Waals surface area contributed by atoms with Gasteiger partial charge < -0.3 is 5.32 Å². The highest BCUT2D eigenvalue weighted by atomic mass is 32.2. The molecular weight excluding hydrogens is 338 g/mol. The van der Waals surface area contributed by atoms with Gasteiger partial charge in [-0.1, -0.05) is 30.3 Å². The summed E-state index contributed by atoms with van der Waals surface area (Å²) in [6.45, 7) is 0.118. The lowest BCUT2D eigenvalue weighted by molar-refractivity contribution is -0.119. The van der Waals surface area contributed by atoms with Gasteiger partial charge in [0.15, 0.2) is 0 Å². The minimum Gasteiger partial charge on any atom is -0.354 e. The van der Waals surface area contributed by atoms with Gasteiger partial charge >= 0.3 is 0 Å². The lowest BCUT2D eigenvalue weighted by Crippen LogP contribution is -2.40. The molecule has 0 unspecified atom stereocenters. The molecule has 25 heavy (non-hydrogen) atoms. The average Bonchev–Trinajstić information content (AvgIpc) is 2.60. The molecule has 1 amide bonds. The molecule has 0 saturated carbocycles. The van der Waals surface area contributed by atoms with Crippen LogP contribution in [0.1, 0.15) is 11.1 Å². The maximum Gasteiger partial charge on any atom is 0.240 e. The molecule has 0 aliphatic heterocycles. The number of hydrogen-bond donors (Lipinski definition) is 1. The van der Waals surface area contributed by atoms with E-state index in [1.165, 1.54) is 24.3 Å². The number of rotatable bonds is 7. The van der Waals surface area contributed by atoms with Gasteiger partial charge in [0.25, 0.3) is 0 Å². The highest BCUT2D eigenvalue weighted by molar-refractivity contribution is 7.92. The molecule has 6 nitrogen and oxygen atoms in total. The lowest BCUT2D eigenvalue weighted by atomic mass is 10.1. The van der Waals surface area contributed by atoms with Crippen molar-refractivity contribution in [2.45, 2.75) is 6.42 Å². The summed E-state index contributed by atoms with van der Waals surface area (Å²) in [6.07, 6.45) is 1.71. The Labute approximate surface area is 147 Å². The number of hydrogen-bond acceptors (Lipinski definition) is 4. The van der Waals surface area contributed by atoms with Gasteiger partial charge in [0.05, 0.1) is 23.6 Å². The zero-order valence-electron chi connectivity index (χ0n) is 13.8. The van der Waals surface area contributed by atoms with E-state index in [2.05, 4.69) is 5.32 Å². The zero-order chi connectivity index (χ0) is 18.3. The predicted molar refractivity (Wildman–Crippen MR) is 96.5 cm³/mol. The van der Waals surface area contributed by atoms with E-state index in [0.717, 1.165) is 16.1 Å². The van der Waals surface area contributed by atoms with Crippen LogP contribution < -0.4 is 9.62 Å². The average molecular weight is 357 g/mol. The fourth-order valence-electron chi connectivity index (χ4n) is 2.28. The molecule has 7 heteroatoms. The highest BCUT2D eigenvalue weighted by Crippen LogP contribution is 2.17. The summed E-state index contributed by atoms with van der Waals surface area (Å²) >= 11 is 0. The van der Waals surface area contributed by atoms with E-state index in [0.29, 0.717) is 24.2 Å². The monoisotopic (exact) mass is 357 g/mol. The van der Waals surface area contributed by atoms with Crippen molar-refractivity contribution in [2.75, 3.05) is 23.7 Å². The van der Waals surface area contributed by atoms with E-state index in [9.17, 15) is 13.2 Å². The summed E-state index contributed by atoms with van der Waals surface area (Å²) in [5.41, 5.74) is 1.86. The van der Waals surface area contributed by atoms with Crippen molar-refractivity contribution in [3.63, 3.8) is 0 Å². The van der Waals surface area contributed by atoms with E-state index in [1.807, 2.05) is 36.4 Å². The van der Waals surface area contributed by atoms with Crippen LogP contribution in [-0.2, 0) is 21.2 Å². The summed E-state index contributed by atoms with van der Waals surface area (Å²) in [5, 5.41) is 11.5. The van der Waals surface area contributed by atoms with E-state index < -0.39 is 10.0 Å². The van der Waals surface area contributed by atoms with Crippen LogP contribution in [0, 0.1) is 11.3 Å². The fraction of sp³-hybridized carbons (Fsp3) is 0.222. The maximum atomic E-state index is 12.1. The molecule has 1 N–H and O–H groups in total. The Morgan fingerprint density at radius 1 is 1.12 bits per heavy atom. The first-order chi connectivity index (χ1) is 11.9. The fourth-order valence-corrected chi connectivity index (χ4v) is 3.14. The molecule has 0 atom stereocenters. The SMILES string of the molecule is CS(=O)(=O)N(CC(=O)NCCc1ccccc1)c1ccc(C#N)cc1. The van der Waals surface area contributed by atoms with Crippen LogP contribution >= 0.6 is 0 Å². The summed E-state index contributed by atoms with van der Waals surface area (Å²) in [7, 11) is -3.62. The van der Waals surface area contributed by atoms with Gasteiger partial charge in [0.1, 0.15) is 6.54 Å². The smallest absolute Gasteiger partial charge is 0.240 e. The van der Waals surface area contributed by atoms with Gasteiger partial charge in [-0.25, -0.2) is 8.42 Å². The van der Waals surface area contributed by atoms with E-state index in [1.54, 1.807) is 0 Å². The minimum absolute atomic E-state index is 0.306. The summed E-state index contributed by atoms with van der Waals surface area (Å²) < 4.78 is 25.0. The summed E-state index contributed by atoms with van der Waals surface area (Å²) in [6, 6.07) is 17.7. The van der Waals surface area contributed by atoms with Crippen LogP contribution in [0.25, 0.3) is 0 Å². The van der Waals surface area contributed by atoms with Gasteiger partial charge in [0.2, 0.25) is 15.9 Å². The third-order valence-electron chi connectivity index (χ3n) is 3.55. The van der Waals surface area contributed by atoms with Crippen molar-refractivity contribution in [1.82, 2.24) is 5.32 Å². The second-order valence-corrected chi connectivity index (χ2v) is 7.42. The molecule has 0 heterocycles. The third kappa shape index (κ3) is 5.62. The standard InChI is InChI=1S/C18H19N3O3S/c1-25(23,24)21(17-9-7-16(13-19)8-10-17)14-18(22)20-12-11-15-5-3-2-4-6-15/h2-10H,11-12,14H2,1H3,(H,20,22). The minimum atomic E-state index is -3.62. The first kappa shape index (κ1) is 18.5. The number of sulfonamides is 1. The normalized spacial score (nSPS) is 10.7. The lowest BCUT2D eigenvalue weighted by Gasteiger charge is -2.21. The Morgan fingerprint density at radius 2 is 1.76 bits per heavy atom. The molecule has 0 bridgehead atoms. The van der Waals surface area contributed by atoms with Crippen molar-refractivity contribution in [3.8, 4) is 6.07 Å². The van der Waals surface area contributed by atoms with Crippen LogP contribution in [0.4, 0.5) is 5.69 Å². The van der Waals surface area contributed by atoms with Crippen molar-refractivity contribution < 1.29 is 13.2 Å². The molecule has 0 aliphatic carbocycles. The first-order valence-corrected chi connectivity index (χ1v) is 9.53. The Bertz CT molecular complexity index is 857. The predicted octanol–water partition coefficient (Wildman–Crippen LogP) is 1.68. The Balaban J connectivity index is 1.99. The number of benzene rings is 2. The number of nitrogens with one attached hydrogen (secondary N) is 1. The van der Waals surface area contributed by atoms with E-state index in [-0.39, 0.29) is 12.5 Å². The van der Waals surface area contributed by atoms with Crippen LogP contribution in [0.3, 0.4) is 0 Å². The van der Waals surface area contributed by atoms with Crippen LogP contribution in [0.15, 0.2) is 54.6 Å². The molecule has 2 rings (SSSR count). The molecule has 0 spiro atoms. The molecular formula is C18H19N3O3S. The van der Waals surface area contributed by atoms with Crippen LogP contribution in [-0.4, -0.2) is 33.7 Å². The van der Waals surface area contributed by atoms with Crippen LogP contribution in [0.2, 0.25) is 0 Å². The van der Waals surface area contributed by atoms with Gasteiger partial charge in [0, 0.05) is 6.54 Å². The number of anilines is 1. The topological polar surface area (TPSA) is 90.3 Å². The van der Waals surface area contributed by atoms with Gasteiger partial charge in [-0.15, -0.1) is 0 Å². The van der Waals surface area contributed by atoms with Crippen molar-refractivity contribution in [3.05, 3.63) is 65.7 Å². The maximum absolute atomic E-state index is 12.1. The zero-order valence-corrected chi connectivity index (χ0v) is 14.7. The van der Waals surface area contributed by atoms with Crippen LogP contribution in [0.5, 0.6) is 0 Å². The van der Waals surface area contributed by atoms with E-state index in [4.69, 9.17) is 5.26 Å². The molecule has 2 aromatic carbocycles. The highest BCUT2D eigenvalue weighted by Gasteiger charge is 2.20. The Morgan fingerprint density at radius 3 is 2.32 bits per heavy atom. The number of carbonyl (C=O) groups excluding carboxylic acids is 1. The van der Waals surface area contributed by atoms with Crippen molar-refractivity contribution in [1.29, 1.82) is 5.26 Å². The molecule has 130 valence electrons. The third-order valence-corrected chi connectivity index (χ3v) is 4.69. The number of nitriles is 1. The quantitative estimate of drug-likeness (QED) is 0.816. The van der Waals surface area contributed by atoms with Gasteiger partial charge in [-0.2, -0.15) is 5.26 Å². The first-order valence-electron chi connectivity index (χ1n) is 7.68. The molecule has 0 fully saturated rings. The Kier molecular flexibility index (Phi) is 6.14. The summed E-state index contributed by atoms with van der Waals surface area (Å²) in [5.74, 6) is -0.384. The van der Waals surface area contributed by atoms with Gasteiger partial charge in [-0.3, -0.25) is 9.10 Å². The number of nitrogens with zero attached hydrogens (tertiary/aromatic N) is 2. The second-order valence-electron chi connectivity index (χ2n) is 5.51. The molecule has 2 aromatic rings. The number of amides is 1. The number of carbonyl (C=O) groups is 1. The second kappa shape index (κ2) is 8.31. The molecule has 0 saturated heterocycles. The molecule has 0 aromatic heterocycles.